The Balaban J connectivity index is 2.13. The van der Waals surface area contributed by atoms with E-state index in [-0.39, 0.29) is 5.54 Å². The Kier molecular flexibility index (Phi) is 5.05. The molecule has 1 saturated carbocycles. The third-order valence-electron chi connectivity index (χ3n) is 4.74. The molecular formula is C15H30N2O. The maximum Gasteiger partial charge on any atom is 0.0484 e. The monoisotopic (exact) mass is 254 g/mol. The van der Waals surface area contributed by atoms with E-state index in [9.17, 15) is 0 Å². The fourth-order valence-corrected chi connectivity index (χ4v) is 3.70. The third-order valence-corrected chi connectivity index (χ3v) is 4.74. The molecule has 2 aliphatic rings. The summed E-state index contributed by atoms with van der Waals surface area (Å²) in [5.41, 5.74) is 6.41. The molecule has 2 rings (SSSR count). The van der Waals surface area contributed by atoms with E-state index in [1.54, 1.807) is 0 Å². The quantitative estimate of drug-likeness (QED) is 0.819. The van der Waals surface area contributed by atoms with Crippen LogP contribution in [0, 0.1) is 5.92 Å². The van der Waals surface area contributed by atoms with E-state index in [4.69, 9.17) is 10.5 Å². The van der Waals surface area contributed by atoms with Gasteiger partial charge in [0.25, 0.3) is 0 Å². The summed E-state index contributed by atoms with van der Waals surface area (Å²) in [6.45, 7) is 8.41. The summed E-state index contributed by atoms with van der Waals surface area (Å²) in [5, 5.41) is 0. The van der Waals surface area contributed by atoms with Crippen molar-refractivity contribution in [1.82, 2.24) is 4.90 Å². The van der Waals surface area contributed by atoms with Crippen molar-refractivity contribution in [3.05, 3.63) is 0 Å². The van der Waals surface area contributed by atoms with Crippen molar-refractivity contribution in [2.75, 3.05) is 26.3 Å². The van der Waals surface area contributed by atoms with Gasteiger partial charge in [0.15, 0.2) is 0 Å². The second kappa shape index (κ2) is 6.36. The summed E-state index contributed by atoms with van der Waals surface area (Å²) in [4.78, 5) is 2.77. The van der Waals surface area contributed by atoms with Crippen LogP contribution < -0.4 is 5.73 Å². The lowest BCUT2D eigenvalue weighted by Gasteiger charge is -2.49. The molecule has 0 aromatic rings. The fraction of sp³-hybridized carbons (Fsp3) is 1.00. The molecule has 0 radical (unpaired) electrons. The molecule has 0 spiro atoms. The van der Waals surface area contributed by atoms with E-state index in [1.165, 1.54) is 32.2 Å². The normalized spacial score (nSPS) is 25.2. The molecule has 3 nitrogen and oxygen atoms in total. The lowest BCUT2D eigenvalue weighted by molar-refractivity contribution is -0.0477. The molecule has 1 aliphatic carbocycles. The van der Waals surface area contributed by atoms with Gasteiger partial charge in [-0.25, -0.2) is 0 Å². The zero-order valence-electron chi connectivity index (χ0n) is 12.2. The van der Waals surface area contributed by atoms with Crippen molar-refractivity contribution in [3.63, 3.8) is 0 Å². The van der Waals surface area contributed by atoms with Gasteiger partial charge in [0, 0.05) is 37.9 Å². The second-order valence-corrected chi connectivity index (χ2v) is 6.53. The van der Waals surface area contributed by atoms with E-state index in [1.807, 2.05) is 0 Å². The van der Waals surface area contributed by atoms with Crippen LogP contribution in [-0.2, 0) is 4.74 Å². The van der Waals surface area contributed by atoms with Crippen molar-refractivity contribution in [2.24, 2.45) is 11.7 Å². The molecule has 18 heavy (non-hydrogen) atoms. The Morgan fingerprint density at radius 1 is 1.22 bits per heavy atom. The van der Waals surface area contributed by atoms with Crippen LogP contribution >= 0.6 is 0 Å². The van der Waals surface area contributed by atoms with Crippen LogP contribution in [0.3, 0.4) is 0 Å². The van der Waals surface area contributed by atoms with Gasteiger partial charge in [-0.15, -0.1) is 0 Å². The molecule has 0 amide bonds. The summed E-state index contributed by atoms with van der Waals surface area (Å²) in [6, 6.07) is 0.772. The van der Waals surface area contributed by atoms with Gasteiger partial charge >= 0.3 is 0 Å². The molecule has 2 fully saturated rings. The number of hydrogen-bond donors (Lipinski definition) is 1. The molecule has 0 unspecified atom stereocenters. The molecule has 3 heteroatoms. The molecule has 0 aromatic carbocycles. The molecule has 0 atom stereocenters. The van der Waals surface area contributed by atoms with Gasteiger partial charge in [0.2, 0.25) is 0 Å². The Morgan fingerprint density at radius 2 is 1.83 bits per heavy atom. The lowest BCUT2D eigenvalue weighted by atomic mass is 9.85. The highest BCUT2D eigenvalue weighted by molar-refractivity contribution is 4.97. The Bertz CT molecular complexity index is 243. The van der Waals surface area contributed by atoms with E-state index in [0.29, 0.717) is 0 Å². The zero-order valence-corrected chi connectivity index (χ0v) is 12.2. The van der Waals surface area contributed by atoms with Gasteiger partial charge in [0.05, 0.1) is 0 Å². The zero-order chi connectivity index (χ0) is 13.0. The second-order valence-electron chi connectivity index (χ2n) is 6.53. The maximum atomic E-state index is 6.19. The van der Waals surface area contributed by atoms with Crippen LogP contribution in [0.5, 0.6) is 0 Å². The number of hydrogen-bond acceptors (Lipinski definition) is 3. The van der Waals surface area contributed by atoms with E-state index < -0.39 is 0 Å². The topological polar surface area (TPSA) is 38.5 Å². The fourth-order valence-electron chi connectivity index (χ4n) is 3.70. The molecule has 106 valence electrons. The average Bonchev–Trinajstić information content (AvgIpc) is 2.90. The minimum atomic E-state index is 0.220. The van der Waals surface area contributed by atoms with E-state index >= 15 is 0 Å². The van der Waals surface area contributed by atoms with Crippen LogP contribution in [0.25, 0.3) is 0 Å². The number of rotatable bonds is 5. The Labute approximate surface area is 112 Å². The molecular weight excluding hydrogens is 224 g/mol. The van der Waals surface area contributed by atoms with Crippen LogP contribution in [0.15, 0.2) is 0 Å². The Hall–Kier alpha value is -0.120. The van der Waals surface area contributed by atoms with Gasteiger partial charge in [-0.1, -0.05) is 26.7 Å². The van der Waals surface area contributed by atoms with E-state index in [0.717, 1.165) is 44.6 Å². The van der Waals surface area contributed by atoms with Crippen molar-refractivity contribution >= 4 is 0 Å². The summed E-state index contributed by atoms with van der Waals surface area (Å²) >= 11 is 0. The van der Waals surface area contributed by atoms with Crippen LogP contribution in [0.1, 0.15) is 52.4 Å². The smallest absolute Gasteiger partial charge is 0.0484 e. The van der Waals surface area contributed by atoms with E-state index in [2.05, 4.69) is 18.7 Å². The Morgan fingerprint density at radius 3 is 2.33 bits per heavy atom. The predicted octanol–water partition coefficient (Wildman–Crippen LogP) is 2.39. The third kappa shape index (κ3) is 3.06. The SMILES string of the molecule is CC(C)CN(C1CCCC1)C1(CN)CCOCC1. The number of nitrogens with zero attached hydrogens (tertiary/aromatic N) is 1. The van der Waals surface area contributed by atoms with Gasteiger partial charge in [0.1, 0.15) is 0 Å². The van der Waals surface area contributed by atoms with Gasteiger partial charge in [-0.05, 0) is 31.6 Å². The molecule has 1 heterocycles. The molecule has 0 aromatic heterocycles. The van der Waals surface area contributed by atoms with Crippen molar-refractivity contribution in [2.45, 2.75) is 64.0 Å². The maximum absolute atomic E-state index is 6.19. The highest BCUT2D eigenvalue weighted by atomic mass is 16.5. The van der Waals surface area contributed by atoms with Crippen molar-refractivity contribution in [3.8, 4) is 0 Å². The average molecular weight is 254 g/mol. The highest BCUT2D eigenvalue weighted by Gasteiger charge is 2.41. The first-order valence-corrected chi connectivity index (χ1v) is 7.72. The van der Waals surface area contributed by atoms with Gasteiger partial charge < -0.3 is 10.5 Å². The van der Waals surface area contributed by atoms with Crippen LogP contribution in [0.4, 0.5) is 0 Å². The summed E-state index contributed by atoms with van der Waals surface area (Å²) < 4.78 is 5.56. The van der Waals surface area contributed by atoms with Gasteiger partial charge in [-0.2, -0.15) is 0 Å². The minimum Gasteiger partial charge on any atom is -0.381 e. The number of nitrogens with two attached hydrogens (primary N) is 1. The predicted molar refractivity (Wildman–Crippen MR) is 75.6 cm³/mol. The van der Waals surface area contributed by atoms with Gasteiger partial charge in [-0.3, -0.25) is 4.90 Å². The van der Waals surface area contributed by atoms with Crippen molar-refractivity contribution in [1.29, 1.82) is 0 Å². The highest BCUT2D eigenvalue weighted by Crippen LogP contribution is 2.35. The first kappa shape index (κ1) is 14.3. The lowest BCUT2D eigenvalue weighted by Crippen LogP contribution is -2.60. The summed E-state index contributed by atoms with van der Waals surface area (Å²) in [7, 11) is 0. The molecule has 0 bridgehead atoms. The number of ether oxygens (including phenoxy) is 1. The molecule has 1 saturated heterocycles. The largest absolute Gasteiger partial charge is 0.381 e. The van der Waals surface area contributed by atoms with Crippen LogP contribution in [0.2, 0.25) is 0 Å². The summed E-state index contributed by atoms with van der Waals surface area (Å²) in [5.74, 6) is 0.719. The first-order valence-electron chi connectivity index (χ1n) is 7.72. The molecule has 2 N–H and O–H groups in total. The summed E-state index contributed by atoms with van der Waals surface area (Å²) in [6.07, 6.45) is 7.77. The standard InChI is InChI=1S/C15H30N2O/c1-13(2)11-17(14-5-3-4-6-14)15(12-16)7-9-18-10-8-15/h13-14H,3-12,16H2,1-2H3. The van der Waals surface area contributed by atoms with Crippen LogP contribution in [-0.4, -0.2) is 42.8 Å². The van der Waals surface area contributed by atoms with Crippen molar-refractivity contribution < 1.29 is 4.74 Å². The first-order chi connectivity index (χ1) is 8.68. The molecule has 1 aliphatic heterocycles. The minimum absolute atomic E-state index is 0.220.